The third-order valence-corrected chi connectivity index (χ3v) is 8.27. The van der Waals surface area contributed by atoms with Crippen molar-refractivity contribution in [3.8, 4) is 11.5 Å². The number of carbonyl (C=O) groups excluding carboxylic acids is 4. The molecule has 238 valence electrons. The fraction of sp³-hybridized carbons (Fsp3) is 0.500. The number of carbonyl (C=O) groups is 4. The van der Waals surface area contributed by atoms with E-state index in [0.29, 0.717) is 24.3 Å². The van der Waals surface area contributed by atoms with Crippen LogP contribution in [0.1, 0.15) is 72.1 Å². The summed E-state index contributed by atoms with van der Waals surface area (Å²) < 4.78 is 33.5. The monoisotopic (exact) mass is 738 g/mol. The van der Waals surface area contributed by atoms with Gasteiger partial charge in [-0.05, 0) is 74.2 Å². The van der Waals surface area contributed by atoms with Gasteiger partial charge in [-0.25, -0.2) is 9.59 Å². The smallest absolute Gasteiger partial charge is 0.338 e. The SMILES string of the molecule is O=C(CCCCCBr)Oc1ccc(C(=O)O[C@@H]2CO[C@H]3[C@@H]2OC[C@H]3OC(=O)c2ccc(OC(=O)CCCCCBr)cc2)cc1. The van der Waals surface area contributed by atoms with Crippen molar-refractivity contribution in [2.24, 2.45) is 0 Å². The predicted octanol–water partition coefficient (Wildman–Crippen LogP) is 5.96. The van der Waals surface area contributed by atoms with Crippen molar-refractivity contribution >= 4 is 55.7 Å². The number of esters is 4. The van der Waals surface area contributed by atoms with Gasteiger partial charge in [0.15, 0.2) is 12.2 Å². The zero-order valence-electron chi connectivity index (χ0n) is 24.3. The van der Waals surface area contributed by atoms with Gasteiger partial charge in [0.2, 0.25) is 0 Å². The fourth-order valence-corrected chi connectivity index (χ4v) is 5.60. The number of benzene rings is 2. The second-order valence-electron chi connectivity index (χ2n) is 10.5. The molecule has 0 spiro atoms. The molecule has 4 rings (SSSR count). The molecule has 0 aliphatic carbocycles. The number of ether oxygens (including phenoxy) is 6. The Hall–Kier alpha value is -2.80. The van der Waals surface area contributed by atoms with Gasteiger partial charge in [0, 0.05) is 23.5 Å². The molecule has 2 aliphatic heterocycles. The van der Waals surface area contributed by atoms with Crippen molar-refractivity contribution in [2.45, 2.75) is 75.8 Å². The number of unbranched alkanes of at least 4 members (excludes halogenated alkanes) is 4. The second-order valence-corrected chi connectivity index (χ2v) is 12.1. The van der Waals surface area contributed by atoms with E-state index >= 15 is 0 Å². The summed E-state index contributed by atoms with van der Waals surface area (Å²) in [4.78, 5) is 49.5. The van der Waals surface area contributed by atoms with Crippen LogP contribution in [0.15, 0.2) is 48.5 Å². The zero-order valence-corrected chi connectivity index (χ0v) is 27.4. The molecule has 0 radical (unpaired) electrons. The van der Waals surface area contributed by atoms with Gasteiger partial charge < -0.3 is 28.4 Å². The minimum Gasteiger partial charge on any atom is -0.453 e. The minimum atomic E-state index is -0.679. The van der Waals surface area contributed by atoms with Crippen LogP contribution in [0.3, 0.4) is 0 Å². The molecule has 44 heavy (non-hydrogen) atoms. The lowest BCUT2D eigenvalue weighted by atomic mass is 10.1. The molecular formula is C32H36Br2O10. The standard InChI is InChI=1S/C32H36Br2O10/c33-17-5-1-3-7-27(35)41-23-13-9-21(10-14-23)31(37)43-25-19-39-30-26(20-40-29(25)30)44-32(38)22-11-15-24(16-12-22)42-28(36)8-4-2-6-18-34/h9-16,25-26,29-30H,1-8,17-20H2/t25-,26-,29-,30-/m1/s1. The highest BCUT2D eigenvalue weighted by Gasteiger charge is 2.51. The zero-order chi connectivity index (χ0) is 31.3. The highest BCUT2D eigenvalue weighted by Crippen LogP contribution is 2.32. The Morgan fingerprint density at radius 1 is 0.591 bits per heavy atom. The molecule has 2 aliphatic rings. The van der Waals surface area contributed by atoms with Crippen molar-refractivity contribution < 1.29 is 47.6 Å². The molecule has 10 nitrogen and oxygen atoms in total. The summed E-state index contributed by atoms with van der Waals surface area (Å²) in [5, 5.41) is 1.81. The maximum Gasteiger partial charge on any atom is 0.338 e. The first-order valence-electron chi connectivity index (χ1n) is 14.8. The van der Waals surface area contributed by atoms with Gasteiger partial charge in [-0.1, -0.05) is 44.7 Å². The topological polar surface area (TPSA) is 124 Å². The van der Waals surface area contributed by atoms with Crippen LogP contribution in [0.5, 0.6) is 11.5 Å². The Labute approximate surface area is 273 Å². The summed E-state index contributed by atoms with van der Waals surface area (Å²) >= 11 is 6.73. The third-order valence-electron chi connectivity index (χ3n) is 7.15. The van der Waals surface area contributed by atoms with Crippen LogP contribution in [-0.4, -0.2) is 72.2 Å². The van der Waals surface area contributed by atoms with Gasteiger partial charge in [0.1, 0.15) is 23.7 Å². The molecule has 0 saturated carbocycles. The van der Waals surface area contributed by atoms with Crippen LogP contribution in [0, 0.1) is 0 Å². The van der Waals surface area contributed by atoms with Gasteiger partial charge in [-0.2, -0.15) is 0 Å². The average molecular weight is 740 g/mol. The Kier molecular flexibility index (Phi) is 13.7. The lowest BCUT2D eigenvalue weighted by Gasteiger charge is -2.17. The highest BCUT2D eigenvalue weighted by molar-refractivity contribution is 9.09. The fourth-order valence-electron chi connectivity index (χ4n) is 4.81. The van der Waals surface area contributed by atoms with Crippen LogP contribution < -0.4 is 9.47 Å². The number of rotatable bonds is 16. The van der Waals surface area contributed by atoms with Crippen LogP contribution in [-0.2, 0) is 28.5 Å². The molecule has 0 unspecified atom stereocenters. The summed E-state index contributed by atoms with van der Waals surface area (Å²) in [6.07, 6.45) is 3.54. The molecule has 0 bridgehead atoms. The van der Waals surface area contributed by atoms with Crippen LogP contribution in [0.2, 0.25) is 0 Å². The first-order chi connectivity index (χ1) is 21.4. The normalized spacial score (nSPS) is 20.5. The molecule has 4 atom stereocenters. The number of halogens is 2. The van der Waals surface area contributed by atoms with Crippen LogP contribution in [0.25, 0.3) is 0 Å². The number of hydrogen-bond donors (Lipinski definition) is 0. The molecule has 2 fully saturated rings. The minimum absolute atomic E-state index is 0.0933. The number of fused-ring (bicyclic) bond motifs is 1. The molecule has 12 heteroatoms. The summed E-state index contributed by atoms with van der Waals surface area (Å²) in [7, 11) is 0. The lowest BCUT2D eigenvalue weighted by molar-refractivity contribution is -0.135. The third kappa shape index (κ3) is 10.1. The van der Waals surface area contributed by atoms with E-state index in [1.807, 2.05) is 0 Å². The largest absolute Gasteiger partial charge is 0.453 e. The van der Waals surface area contributed by atoms with Crippen molar-refractivity contribution in [1.82, 2.24) is 0 Å². The van der Waals surface area contributed by atoms with Crippen molar-refractivity contribution in [1.29, 1.82) is 0 Å². The quantitative estimate of drug-likeness (QED) is 0.0883. The van der Waals surface area contributed by atoms with E-state index in [-0.39, 0.29) is 36.3 Å². The van der Waals surface area contributed by atoms with E-state index in [1.54, 1.807) is 24.3 Å². The van der Waals surface area contributed by atoms with E-state index in [9.17, 15) is 19.2 Å². The summed E-state index contributed by atoms with van der Waals surface area (Å²) in [5.74, 6) is -1.07. The van der Waals surface area contributed by atoms with E-state index < -0.39 is 36.4 Å². The maximum atomic E-state index is 12.8. The molecule has 0 N–H and O–H groups in total. The molecule has 2 heterocycles. The Balaban J connectivity index is 1.21. The second kappa shape index (κ2) is 17.6. The highest BCUT2D eigenvalue weighted by atomic mass is 79.9. The molecule has 0 aromatic heterocycles. The Morgan fingerprint density at radius 3 is 1.34 bits per heavy atom. The predicted molar refractivity (Wildman–Crippen MR) is 167 cm³/mol. The first kappa shape index (κ1) is 34.1. The molecular weight excluding hydrogens is 704 g/mol. The molecule has 0 amide bonds. The van der Waals surface area contributed by atoms with Gasteiger partial charge in [-0.3, -0.25) is 9.59 Å². The Morgan fingerprint density at radius 2 is 0.977 bits per heavy atom. The summed E-state index contributed by atoms with van der Waals surface area (Å²) in [6, 6.07) is 12.3. The van der Waals surface area contributed by atoms with Crippen molar-refractivity contribution in [3.05, 3.63) is 59.7 Å². The first-order valence-corrected chi connectivity index (χ1v) is 17.0. The van der Waals surface area contributed by atoms with Crippen LogP contribution >= 0.6 is 31.9 Å². The van der Waals surface area contributed by atoms with Gasteiger partial charge >= 0.3 is 23.9 Å². The van der Waals surface area contributed by atoms with Crippen molar-refractivity contribution in [2.75, 3.05) is 23.9 Å². The van der Waals surface area contributed by atoms with Crippen LogP contribution in [0.4, 0.5) is 0 Å². The average Bonchev–Trinajstić information content (AvgIpc) is 3.61. The number of alkyl halides is 2. The van der Waals surface area contributed by atoms with E-state index in [4.69, 9.17) is 28.4 Å². The maximum absolute atomic E-state index is 12.8. The van der Waals surface area contributed by atoms with Crippen molar-refractivity contribution in [3.63, 3.8) is 0 Å². The number of hydrogen-bond acceptors (Lipinski definition) is 10. The molecule has 2 aromatic carbocycles. The summed E-state index contributed by atoms with van der Waals surface area (Å²) in [5.41, 5.74) is 0.575. The molecule has 2 aromatic rings. The van der Waals surface area contributed by atoms with Gasteiger partial charge in [-0.15, -0.1) is 0 Å². The van der Waals surface area contributed by atoms with Gasteiger partial charge in [0.05, 0.1) is 24.3 Å². The Bertz CT molecular complexity index is 1150. The van der Waals surface area contributed by atoms with E-state index in [1.165, 1.54) is 24.3 Å². The van der Waals surface area contributed by atoms with E-state index in [0.717, 1.165) is 49.2 Å². The molecule has 2 saturated heterocycles. The lowest BCUT2D eigenvalue weighted by Crippen LogP contribution is -2.36. The van der Waals surface area contributed by atoms with Gasteiger partial charge in [0.25, 0.3) is 0 Å². The van der Waals surface area contributed by atoms with E-state index in [2.05, 4.69) is 31.9 Å². The summed E-state index contributed by atoms with van der Waals surface area (Å²) in [6.45, 7) is 0.187.